The van der Waals surface area contributed by atoms with E-state index in [2.05, 4.69) is 9.80 Å². The maximum atomic E-state index is 14.2. The zero-order valence-corrected chi connectivity index (χ0v) is 16.6. The van der Waals surface area contributed by atoms with Crippen molar-refractivity contribution in [3.8, 4) is 0 Å². The Labute approximate surface area is 170 Å². The summed E-state index contributed by atoms with van der Waals surface area (Å²) in [7, 11) is 0. The van der Waals surface area contributed by atoms with Gasteiger partial charge in [0.1, 0.15) is 17.7 Å². The molecule has 5 atom stereocenters. The number of carbonyl (C=O) groups excluding carboxylic acids is 1. The first-order valence-corrected chi connectivity index (χ1v) is 10.9. The average molecular weight is 405 g/mol. The molecule has 1 aromatic rings. The molecule has 5 nitrogen and oxygen atoms in total. The molecule has 1 saturated carbocycles. The van der Waals surface area contributed by atoms with E-state index in [4.69, 9.17) is 10.5 Å². The van der Waals surface area contributed by atoms with Crippen LogP contribution in [0, 0.1) is 23.5 Å². The van der Waals surface area contributed by atoms with Crippen LogP contribution in [0.2, 0.25) is 0 Å². The van der Waals surface area contributed by atoms with Crippen LogP contribution in [-0.4, -0.2) is 60.1 Å². The van der Waals surface area contributed by atoms with Crippen molar-refractivity contribution in [3.05, 3.63) is 35.4 Å². The van der Waals surface area contributed by atoms with E-state index < -0.39 is 23.8 Å². The summed E-state index contributed by atoms with van der Waals surface area (Å²) in [5, 5.41) is 0. The number of benzene rings is 1. The number of nitrogens with two attached hydrogens (primary N) is 1. The van der Waals surface area contributed by atoms with E-state index in [1.54, 1.807) is 0 Å². The van der Waals surface area contributed by atoms with E-state index in [-0.39, 0.29) is 17.5 Å². The molecular formula is C22H29F2N3O2. The summed E-state index contributed by atoms with van der Waals surface area (Å²) in [5.74, 6) is 0.159. The Hall–Kier alpha value is -1.57. The minimum atomic E-state index is -0.625. The van der Waals surface area contributed by atoms with Gasteiger partial charge < -0.3 is 15.4 Å². The fourth-order valence-electron chi connectivity index (χ4n) is 5.50. The number of rotatable bonds is 3. The Kier molecular flexibility index (Phi) is 5.08. The number of likely N-dealkylation sites (tertiary alicyclic amines) is 2. The number of carbonyl (C=O) groups is 1. The van der Waals surface area contributed by atoms with Gasteiger partial charge in [-0.3, -0.25) is 9.69 Å². The molecule has 2 unspecified atom stereocenters. The fraction of sp³-hybridized carbons (Fsp3) is 0.682. The molecule has 4 aliphatic rings. The molecule has 0 bridgehead atoms. The van der Waals surface area contributed by atoms with Gasteiger partial charge in [0.05, 0.1) is 6.61 Å². The van der Waals surface area contributed by atoms with Crippen molar-refractivity contribution in [2.24, 2.45) is 17.6 Å². The lowest BCUT2D eigenvalue weighted by molar-refractivity contribution is -0.136. The van der Waals surface area contributed by atoms with Crippen LogP contribution in [0.5, 0.6) is 0 Å². The first kappa shape index (κ1) is 19.4. The van der Waals surface area contributed by atoms with E-state index in [1.807, 2.05) is 0 Å². The summed E-state index contributed by atoms with van der Waals surface area (Å²) in [6.07, 6.45) is 4.37. The molecule has 0 aromatic heterocycles. The van der Waals surface area contributed by atoms with Crippen molar-refractivity contribution in [2.75, 3.05) is 26.2 Å². The molecule has 7 heteroatoms. The maximum absolute atomic E-state index is 14.2. The molecule has 3 heterocycles. The Balaban J connectivity index is 1.25. The van der Waals surface area contributed by atoms with Gasteiger partial charge in [0.15, 0.2) is 0 Å². The van der Waals surface area contributed by atoms with E-state index in [0.717, 1.165) is 57.5 Å². The van der Waals surface area contributed by atoms with Gasteiger partial charge >= 0.3 is 0 Å². The summed E-state index contributed by atoms with van der Waals surface area (Å²) < 4.78 is 33.7. The third-order valence-electron chi connectivity index (χ3n) is 7.20. The second kappa shape index (κ2) is 7.60. The molecule has 5 rings (SSSR count). The standard InChI is InChI=1S/C22H29F2N3O2/c23-15-5-6-18(24)17(8-15)21-19(25)9-16(12-29-21)26-10-14-2-1-7-27(20(14)11-26)22(28)13-3-4-13/h5-6,8,13-14,16,19-21H,1-4,7,9-12,25H2/t14?,16-,19+,20?,21-/m1/s1. The van der Waals surface area contributed by atoms with Gasteiger partial charge in [0.2, 0.25) is 5.91 Å². The number of piperidine rings is 1. The van der Waals surface area contributed by atoms with E-state index in [9.17, 15) is 13.6 Å². The minimum absolute atomic E-state index is 0.154. The van der Waals surface area contributed by atoms with Crippen molar-refractivity contribution in [2.45, 2.75) is 56.3 Å². The predicted molar refractivity (Wildman–Crippen MR) is 104 cm³/mol. The van der Waals surface area contributed by atoms with Crippen LogP contribution in [-0.2, 0) is 9.53 Å². The van der Waals surface area contributed by atoms with Gasteiger partial charge in [-0.25, -0.2) is 8.78 Å². The normalized spacial score (nSPS) is 35.6. The summed E-state index contributed by atoms with van der Waals surface area (Å²) in [4.78, 5) is 17.2. The fourth-order valence-corrected chi connectivity index (χ4v) is 5.50. The molecule has 1 aliphatic carbocycles. The molecule has 4 fully saturated rings. The Bertz CT molecular complexity index is 787. The largest absolute Gasteiger partial charge is 0.370 e. The summed E-state index contributed by atoms with van der Waals surface area (Å²) >= 11 is 0. The topological polar surface area (TPSA) is 58.8 Å². The molecule has 1 amide bonds. The summed E-state index contributed by atoms with van der Waals surface area (Å²) in [6, 6.07) is 3.48. The molecule has 1 aromatic carbocycles. The van der Waals surface area contributed by atoms with Crippen molar-refractivity contribution in [1.82, 2.24) is 9.80 Å². The highest BCUT2D eigenvalue weighted by Gasteiger charge is 2.46. The van der Waals surface area contributed by atoms with Crippen LogP contribution in [0.1, 0.15) is 43.8 Å². The van der Waals surface area contributed by atoms with E-state index in [0.29, 0.717) is 30.9 Å². The zero-order chi connectivity index (χ0) is 20.1. The quantitative estimate of drug-likeness (QED) is 0.839. The van der Waals surface area contributed by atoms with Crippen LogP contribution >= 0.6 is 0 Å². The van der Waals surface area contributed by atoms with Gasteiger partial charge in [-0.2, -0.15) is 0 Å². The molecular weight excluding hydrogens is 376 g/mol. The maximum Gasteiger partial charge on any atom is 0.225 e. The van der Waals surface area contributed by atoms with Gasteiger partial charge in [-0.15, -0.1) is 0 Å². The lowest BCUT2D eigenvalue weighted by Gasteiger charge is -2.39. The van der Waals surface area contributed by atoms with Gasteiger partial charge in [0, 0.05) is 49.2 Å². The van der Waals surface area contributed by atoms with Crippen molar-refractivity contribution in [1.29, 1.82) is 0 Å². The Morgan fingerprint density at radius 3 is 2.76 bits per heavy atom. The molecule has 3 saturated heterocycles. The van der Waals surface area contributed by atoms with Crippen molar-refractivity contribution < 1.29 is 18.3 Å². The smallest absolute Gasteiger partial charge is 0.225 e. The SMILES string of the molecule is N[C@H]1C[C@@H](N2CC3CCCN(C(=O)C4CC4)C3C2)CO[C@@H]1c1cc(F)ccc1F. The number of hydrogen-bond donors (Lipinski definition) is 1. The molecule has 0 spiro atoms. The second-order valence-electron chi connectivity index (χ2n) is 9.20. The van der Waals surface area contributed by atoms with Gasteiger partial charge in [-0.1, -0.05) is 0 Å². The number of amides is 1. The van der Waals surface area contributed by atoms with E-state index >= 15 is 0 Å². The monoisotopic (exact) mass is 405 g/mol. The highest BCUT2D eigenvalue weighted by Crippen LogP contribution is 2.39. The molecule has 2 N–H and O–H groups in total. The number of hydrogen-bond acceptors (Lipinski definition) is 4. The zero-order valence-electron chi connectivity index (χ0n) is 16.6. The first-order chi connectivity index (χ1) is 14.0. The number of ether oxygens (including phenoxy) is 1. The van der Waals surface area contributed by atoms with Crippen LogP contribution in [0.15, 0.2) is 18.2 Å². The Morgan fingerprint density at radius 2 is 2.00 bits per heavy atom. The Morgan fingerprint density at radius 1 is 1.17 bits per heavy atom. The van der Waals surface area contributed by atoms with Crippen molar-refractivity contribution >= 4 is 5.91 Å². The highest BCUT2D eigenvalue weighted by molar-refractivity contribution is 5.81. The minimum Gasteiger partial charge on any atom is -0.370 e. The number of nitrogens with zero attached hydrogens (tertiary/aromatic N) is 2. The summed E-state index contributed by atoms with van der Waals surface area (Å²) in [5.41, 5.74) is 6.55. The van der Waals surface area contributed by atoms with Crippen LogP contribution in [0.3, 0.4) is 0 Å². The lowest BCUT2D eigenvalue weighted by atomic mass is 9.91. The third-order valence-corrected chi connectivity index (χ3v) is 7.20. The van der Waals surface area contributed by atoms with Crippen LogP contribution in [0.25, 0.3) is 0 Å². The molecule has 0 radical (unpaired) electrons. The third kappa shape index (κ3) is 3.68. The predicted octanol–water partition coefficient (Wildman–Crippen LogP) is 2.45. The number of halogens is 2. The highest BCUT2D eigenvalue weighted by atomic mass is 19.1. The van der Waals surface area contributed by atoms with E-state index in [1.165, 1.54) is 6.07 Å². The van der Waals surface area contributed by atoms with Gasteiger partial charge in [0.25, 0.3) is 0 Å². The van der Waals surface area contributed by atoms with Crippen molar-refractivity contribution in [3.63, 3.8) is 0 Å². The summed E-state index contributed by atoms with van der Waals surface area (Å²) in [6.45, 7) is 3.15. The second-order valence-corrected chi connectivity index (χ2v) is 9.20. The first-order valence-electron chi connectivity index (χ1n) is 10.9. The lowest BCUT2D eigenvalue weighted by Crippen LogP contribution is -2.51. The molecule has 3 aliphatic heterocycles. The number of fused-ring (bicyclic) bond motifs is 1. The van der Waals surface area contributed by atoms with Gasteiger partial charge in [-0.05, 0) is 56.2 Å². The average Bonchev–Trinajstić information content (AvgIpc) is 3.47. The van der Waals surface area contributed by atoms with Crippen LogP contribution < -0.4 is 5.73 Å². The van der Waals surface area contributed by atoms with Crippen LogP contribution in [0.4, 0.5) is 8.78 Å². The molecule has 158 valence electrons. The molecule has 29 heavy (non-hydrogen) atoms.